The molecule has 0 fully saturated rings. The molecule has 1 aliphatic heterocycles. The largest absolute Gasteiger partial charge is 0.445 e. The predicted molar refractivity (Wildman–Crippen MR) is 102 cm³/mol. The number of aryl methyl sites for hydroxylation is 1. The molecular weight excluding hydrogens is 346 g/mol. The van der Waals surface area contributed by atoms with Crippen LogP contribution in [0.4, 0.5) is 5.69 Å². The predicted octanol–water partition coefficient (Wildman–Crippen LogP) is 4.25. The molecular formula is C19H19N5OS. The SMILES string of the molecule is CCCSc1nnc2c(n1)-c1ccccc1NC(c1cccc(C)n1)O2. The first-order chi connectivity index (χ1) is 12.7. The molecule has 0 saturated carbocycles. The number of nitrogens with one attached hydrogen (secondary N) is 1. The summed E-state index contributed by atoms with van der Waals surface area (Å²) in [5.41, 5.74) is 4.31. The van der Waals surface area contributed by atoms with Crippen molar-refractivity contribution in [2.24, 2.45) is 0 Å². The van der Waals surface area contributed by atoms with Gasteiger partial charge in [0.05, 0.1) is 0 Å². The number of pyridine rings is 1. The minimum Gasteiger partial charge on any atom is -0.445 e. The Bertz CT molecular complexity index is 933. The van der Waals surface area contributed by atoms with E-state index in [4.69, 9.17) is 9.72 Å². The van der Waals surface area contributed by atoms with Crippen LogP contribution in [0.5, 0.6) is 5.88 Å². The molecule has 26 heavy (non-hydrogen) atoms. The molecule has 1 N–H and O–H groups in total. The molecule has 3 aromatic rings. The topological polar surface area (TPSA) is 72.8 Å². The fourth-order valence-corrected chi connectivity index (χ4v) is 3.39. The number of para-hydroxylation sites is 1. The fraction of sp³-hybridized carbons (Fsp3) is 0.263. The summed E-state index contributed by atoms with van der Waals surface area (Å²) in [7, 11) is 0. The van der Waals surface area contributed by atoms with Gasteiger partial charge in [0, 0.05) is 22.7 Å². The van der Waals surface area contributed by atoms with Crippen molar-refractivity contribution in [1.82, 2.24) is 20.2 Å². The monoisotopic (exact) mass is 365 g/mol. The van der Waals surface area contributed by atoms with Crippen LogP contribution in [0.2, 0.25) is 0 Å². The van der Waals surface area contributed by atoms with E-state index in [0.717, 1.165) is 34.8 Å². The lowest BCUT2D eigenvalue weighted by Crippen LogP contribution is -2.18. The average Bonchev–Trinajstić information content (AvgIpc) is 2.83. The van der Waals surface area contributed by atoms with Gasteiger partial charge in [0.1, 0.15) is 11.4 Å². The molecule has 4 rings (SSSR count). The van der Waals surface area contributed by atoms with Crippen LogP contribution < -0.4 is 10.1 Å². The second-order valence-electron chi connectivity index (χ2n) is 5.99. The Morgan fingerprint density at radius 3 is 2.81 bits per heavy atom. The van der Waals surface area contributed by atoms with E-state index in [9.17, 15) is 0 Å². The lowest BCUT2D eigenvalue weighted by Gasteiger charge is -2.18. The van der Waals surface area contributed by atoms with Crippen molar-refractivity contribution in [2.45, 2.75) is 31.7 Å². The molecule has 132 valence electrons. The van der Waals surface area contributed by atoms with Crippen LogP contribution in [0.25, 0.3) is 11.3 Å². The zero-order valence-electron chi connectivity index (χ0n) is 14.6. The van der Waals surface area contributed by atoms with Crippen molar-refractivity contribution in [3.63, 3.8) is 0 Å². The molecule has 1 atom stereocenters. The van der Waals surface area contributed by atoms with Gasteiger partial charge in [0.2, 0.25) is 11.4 Å². The van der Waals surface area contributed by atoms with Crippen molar-refractivity contribution in [3.8, 4) is 17.1 Å². The highest BCUT2D eigenvalue weighted by Crippen LogP contribution is 2.39. The highest BCUT2D eigenvalue weighted by Gasteiger charge is 2.26. The summed E-state index contributed by atoms with van der Waals surface area (Å²) in [6, 6.07) is 13.9. The minimum absolute atomic E-state index is 0.414. The van der Waals surface area contributed by atoms with Crippen LogP contribution in [0.15, 0.2) is 47.6 Å². The number of rotatable bonds is 4. The number of fused-ring (bicyclic) bond motifs is 3. The molecule has 7 heteroatoms. The standard InChI is InChI=1S/C19H19N5OS/c1-3-11-26-19-22-16-13-8-4-5-9-14(13)21-17(25-18(16)23-24-19)15-10-6-7-12(2)20-15/h4-10,17,21H,3,11H2,1-2H3. The summed E-state index contributed by atoms with van der Waals surface area (Å²) in [6.45, 7) is 4.09. The second-order valence-corrected chi connectivity index (χ2v) is 7.05. The molecule has 3 heterocycles. The molecule has 1 aliphatic rings. The number of thioether (sulfide) groups is 1. The number of hydrogen-bond acceptors (Lipinski definition) is 7. The van der Waals surface area contributed by atoms with E-state index < -0.39 is 6.23 Å². The fourth-order valence-electron chi connectivity index (χ4n) is 2.75. The van der Waals surface area contributed by atoms with Gasteiger partial charge in [-0.1, -0.05) is 43.0 Å². The van der Waals surface area contributed by atoms with E-state index in [0.29, 0.717) is 16.7 Å². The Morgan fingerprint density at radius 2 is 1.96 bits per heavy atom. The van der Waals surface area contributed by atoms with E-state index in [1.165, 1.54) is 0 Å². The summed E-state index contributed by atoms with van der Waals surface area (Å²) in [6.07, 6.45) is 0.600. The maximum absolute atomic E-state index is 6.12. The molecule has 0 spiro atoms. The summed E-state index contributed by atoms with van der Waals surface area (Å²) in [5, 5.41) is 12.6. The summed E-state index contributed by atoms with van der Waals surface area (Å²) < 4.78 is 6.12. The first-order valence-electron chi connectivity index (χ1n) is 8.58. The Morgan fingerprint density at radius 1 is 1.08 bits per heavy atom. The van der Waals surface area contributed by atoms with E-state index in [-0.39, 0.29) is 0 Å². The average molecular weight is 365 g/mol. The van der Waals surface area contributed by atoms with E-state index in [1.807, 2.05) is 49.4 Å². The molecule has 0 saturated heterocycles. The lowest BCUT2D eigenvalue weighted by molar-refractivity contribution is 0.219. The molecule has 1 aromatic carbocycles. The van der Waals surface area contributed by atoms with Gasteiger partial charge < -0.3 is 10.1 Å². The number of aromatic nitrogens is 4. The van der Waals surface area contributed by atoms with Crippen LogP contribution >= 0.6 is 11.8 Å². The van der Waals surface area contributed by atoms with Crippen molar-refractivity contribution >= 4 is 17.4 Å². The zero-order valence-corrected chi connectivity index (χ0v) is 15.5. The maximum Gasteiger partial charge on any atom is 0.262 e. The molecule has 6 nitrogen and oxygen atoms in total. The number of nitrogens with zero attached hydrogens (tertiary/aromatic N) is 4. The Kier molecular flexibility index (Phi) is 4.71. The van der Waals surface area contributed by atoms with E-state index >= 15 is 0 Å². The van der Waals surface area contributed by atoms with Crippen molar-refractivity contribution in [2.75, 3.05) is 11.1 Å². The quantitative estimate of drug-likeness (QED) is 0.693. The first-order valence-corrected chi connectivity index (χ1v) is 9.57. The third kappa shape index (κ3) is 3.35. The molecule has 0 radical (unpaired) electrons. The van der Waals surface area contributed by atoms with Gasteiger partial charge in [-0.25, -0.2) is 4.98 Å². The zero-order chi connectivity index (χ0) is 17.9. The number of benzene rings is 1. The summed E-state index contributed by atoms with van der Waals surface area (Å²) in [4.78, 5) is 9.28. The van der Waals surface area contributed by atoms with Crippen molar-refractivity contribution < 1.29 is 4.74 Å². The van der Waals surface area contributed by atoms with Gasteiger partial charge >= 0.3 is 0 Å². The maximum atomic E-state index is 6.12. The highest BCUT2D eigenvalue weighted by atomic mass is 32.2. The third-order valence-corrected chi connectivity index (χ3v) is 4.99. The number of ether oxygens (including phenoxy) is 1. The van der Waals surface area contributed by atoms with Crippen molar-refractivity contribution in [3.05, 3.63) is 53.9 Å². The first kappa shape index (κ1) is 16.8. The lowest BCUT2D eigenvalue weighted by atomic mass is 10.1. The molecule has 1 unspecified atom stereocenters. The van der Waals surface area contributed by atoms with Gasteiger partial charge in [-0.15, -0.1) is 10.2 Å². The van der Waals surface area contributed by atoms with Crippen LogP contribution in [-0.2, 0) is 0 Å². The molecule has 0 amide bonds. The van der Waals surface area contributed by atoms with Crippen molar-refractivity contribution in [1.29, 1.82) is 0 Å². The summed E-state index contributed by atoms with van der Waals surface area (Å²) >= 11 is 1.60. The van der Waals surface area contributed by atoms with E-state index in [1.54, 1.807) is 11.8 Å². The van der Waals surface area contributed by atoms with Crippen LogP contribution in [0.3, 0.4) is 0 Å². The Balaban J connectivity index is 1.79. The second kappa shape index (κ2) is 7.29. The van der Waals surface area contributed by atoms with Crippen LogP contribution in [0.1, 0.15) is 31.0 Å². The Hall–Kier alpha value is -2.67. The number of anilines is 1. The third-order valence-electron chi connectivity index (χ3n) is 3.95. The van der Waals surface area contributed by atoms with Crippen LogP contribution in [0, 0.1) is 6.92 Å². The minimum atomic E-state index is -0.456. The van der Waals surface area contributed by atoms with Gasteiger partial charge in [0.15, 0.2) is 0 Å². The van der Waals surface area contributed by atoms with E-state index in [2.05, 4.69) is 27.4 Å². The normalized spacial score (nSPS) is 15.2. The van der Waals surface area contributed by atoms with Gasteiger partial charge in [-0.05, 0) is 31.5 Å². The van der Waals surface area contributed by atoms with Crippen LogP contribution in [-0.4, -0.2) is 25.9 Å². The molecule has 2 aromatic heterocycles. The van der Waals surface area contributed by atoms with Gasteiger partial charge in [-0.2, -0.15) is 0 Å². The number of hydrogen-bond donors (Lipinski definition) is 1. The van der Waals surface area contributed by atoms with Gasteiger partial charge in [0.25, 0.3) is 5.88 Å². The summed E-state index contributed by atoms with van der Waals surface area (Å²) in [5.74, 6) is 1.37. The Labute approximate surface area is 156 Å². The highest BCUT2D eigenvalue weighted by molar-refractivity contribution is 7.99. The molecule has 0 aliphatic carbocycles. The smallest absolute Gasteiger partial charge is 0.262 e. The van der Waals surface area contributed by atoms with Gasteiger partial charge in [-0.3, -0.25) is 4.98 Å². The molecule has 0 bridgehead atoms.